The predicted octanol–water partition coefficient (Wildman–Crippen LogP) is 11.6. The van der Waals surface area contributed by atoms with Crippen LogP contribution >= 0.6 is 0 Å². The van der Waals surface area contributed by atoms with Gasteiger partial charge >= 0.3 is 5.97 Å². The molecule has 14 heterocycles. The van der Waals surface area contributed by atoms with Gasteiger partial charge < -0.3 is 99.1 Å². The number of para-hydroxylation sites is 4. The molecular formula is C101H116N14O14. The number of hydrogen-bond acceptors (Lipinski definition) is 24. The molecule has 10 aliphatic heterocycles. The molecular weight excluding hydrogens is 1630 g/mol. The number of fused-ring (bicyclic) bond motifs is 7. The number of aromatic nitrogens is 4. The van der Waals surface area contributed by atoms with Crippen LogP contribution in [0.4, 0.5) is 23.3 Å². The molecule has 4 aromatic heterocycles. The van der Waals surface area contributed by atoms with Gasteiger partial charge in [0.25, 0.3) is 0 Å². The summed E-state index contributed by atoms with van der Waals surface area (Å²) in [5.74, 6) is 6.12. The maximum absolute atomic E-state index is 13.5. The Kier molecular flexibility index (Phi) is 27.9. The normalized spacial score (nSPS) is 21.0. The Morgan fingerprint density at radius 3 is 0.822 bits per heavy atom. The number of aliphatic hydroxyl groups is 3. The number of rotatable bonds is 23. The number of aliphatic hydroxyl groups excluding tert-OH is 3. The number of ether oxygens (including phenoxy) is 6. The molecule has 28 heteroatoms. The number of carboxylic acid groups (broad SMARTS) is 1. The van der Waals surface area contributed by atoms with Gasteiger partial charge in [0.05, 0.1) is 63.9 Å². The first kappa shape index (κ1) is 87.5. The van der Waals surface area contributed by atoms with E-state index in [1.807, 2.05) is 169 Å². The molecule has 28 nitrogen and oxygen atoms in total. The highest BCUT2D eigenvalue weighted by atomic mass is 16.6. The molecule has 11 aromatic rings. The number of carbonyl (C=O) groups excluding carboxylic acids is 3. The summed E-state index contributed by atoms with van der Waals surface area (Å²) in [5.41, 5.74) is 6.00. The molecule has 0 saturated carbocycles. The van der Waals surface area contributed by atoms with Gasteiger partial charge in [-0.25, -0.2) is 19.9 Å². The monoisotopic (exact) mass is 1750 g/mol. The van der Waals surface area contributed by atoms with Crippen LogP contribution in [0.1, 0.15) is 99.2 Å². The average molecular weight is 1750 g/mol. The number of nitrogens with zero attached hydrogens (tertiary/aromatic N) is 11. The number of pyridine rings is 4. The number of carbonyl (C=O) groups is 4. The third-order valence-corrected chi connectivity index (χ3v) is 26.7. The topological polar surface area (TPSA) is 315 Å². The van der Waals surface area contributed by atoms with Crippen LogP contribution in [-0.4, -0.2) is 248 Å². The summed E-state index contributed by atoms with van der Waals surface area (Å²) in [7, 11) is 0. The highest BCUT2D eigenvalue weighted by Crippen LogP contribution is 2.39. The molecule has 129 heavy (non-hydrogen) atoms. The Bertz CT molecular complexity index is 5280. The van der Waals surface area contributed by atoms with Crippen LogP contribution < -0.4 is 64.0 Å². The maximum Gasteiger partial charge on any atom is 0.308 e. The van der Waals surface area contributed by atoms with Gasteiger partial charge in [-0.2, -0.15) is 0 Å². The first-order valence-corrected chi connectivity index (χ1v) is 46.1. The molecule has 10 atom stereocenters. The Morgan fingerprint density at radius 1 is 0.310 bits per heavy atom. The minimum Gasteiger partial charge on any atom is -0.486 e. The largest absolute Gasteiger partial charge is 0.486 e. The zero-order valence-electron chi connectivity index (χ0n) is 73.0. The van der Waals surface area contributed by atoms with Crippen LogP contribution in [0.25, 0.3) is 43.6 Å². The van der Waals surface area contributed by atoms with Gasteiger partial charge in [0.2, 0.25) is 17.7 Å². The molecule has 0 spiro atoms. The van der Waals surface area contributed by atoms with Crippen molar-refractivity contribution in [3.63, 3.8) is 0 Å². The van der Waals surface area contributed by atoms with E-state index in [2.05, 4.69) is 86.7 Å². The Balaban J connectivity index is 0.000000119. The molecule has 7 fully saturated rings. The zero-order chi connectivity index (χ0) is 88.1. The number of nitrogens with one attached hydrogen (secondary N) is 3. The summed E-state index contributed by atoms with van der Waals surface area (Å²) in [6.45, 7) is 16.4. The molecule has 3 amide bonds. The van der Waals surface area contributed by atoms with Gasteiger partial charge in [-0.15, -0.1) is 0 Å². The number of amides is 3. The standard InChI is InChI=1S/3C29H34N4O4.C14H14N2O2/c3*34-28(21-7-9-25-26(17-21)37-16-15-36-25)24(19-32-12-3-4-13-32)31-29(35)22-11-14-33(18-22)27-10-8-20-5-1-2-6-23(20)30-27;17-14(18)11-7-8-16(9-11)13-6-5-10-3-1-2-4-12(10)15-13/h3*1-2,5-10,17,22,24,28,34H,3-4,11-16,18-19H2,(H,31,35);1-6,11H,7-9H2,(H,17,18)/t22?,24-,28-;22-,24+,28+;22-,24-,28-;/m101./s1. The fraction of sp³-hybridized carbons (Fsp3) is 0.426. The second kappa shape index (κ2) is 41.1. The Hall–Kier alpha value is -12.2. The van der Waals surface area contributed by atoms with Crippen molar-refractivity contribution in [2.45, 2.75) is 101 Å². The van der Waals surface area contributed by atoms with Crippen LogP contribution in [0.3, 0.4) is 0 Å². The van der Waals surface area contributed by atoms with E-state index in [0.29, 0.717) is 126 Å². The van der Waals surface area contributed by atoms with E-state index < -0.39 is 42.4 Å². The van der Waals surface area contributed by atoms with E-state index >= 15 is 0 Å². The van der Waals surface area contributed by atoms with Gasteiger partial charge in [-0.3, -0.25) is 19.2 Å². The number of benzene rings is 7. The van der Waals surface area contributed by atoms with Gasteiger partial charge in [0, 0.05) is 93.5 Å². The van der Waals surface area contributed by atoms with E-state index in [4.69, 9.17) is 48.5 Å². The summed E-state index contributed by atoms with van der Waals surface area (Å²) in [4.78, 5) is 85.9. The number of aliphatic carboxylic acids is 1. The third-order valence-electron chi connectivity index (χ3n) is 26.7. The van der Waals surface area contributed by atoms with Crippen molar-refractivity contribution in [1.29, 1.82) is 0 Å². The van der Waals surface area contributed by atoms with Crippen molar-refractivity contribution < 1.29 is 68.0 Å². The number of hydrogen-bond donors (Lipinski definition) is 7. The summed E-state index contributed by atoms with van der Waals surface area (Å²) >= 11 is 0. The summed E-state index contributed by atoms with van der Waals surface area (Å²) in [6.07, 6.45) is 7.34. The van der Waals surface area contributed by atoms with Gasteiger partial charge in [-0.1, -0.05) is 91.0 Å². The number of likely N-dealkylation sites (tertiary alicyclic amines) is 3. The minimum absolute atomic E-state index is 0.0101. The SMILES string of the molecule is O=C(N[C@H](CN1CCCC1)[C@H](O)c1ccc2c(c1)OCCO2)C1CCN(c2ccc3ccccc3n2)C1.O=C(N[C@H](CN1CCCC1)[C@H](O)c1ccc2c(c1)OCCO2)[C@@H]1CCN(c2ccc3ccccc3n2)C1.O=C(N[C@H](CN1CCCC1)[C@H](O)c1ccc2c(c1)OCCO2)[C@H]1CCN(c2ccc3ccccc3n2)C1.O=C(O)C1CCN(c2ccc3ccccc3n2)C1. The van der Waals surface area contributed by atoms with Crippen molar-refractivity contribution >= 4 is 90.6 Å². The predicted molar refractivity (Wildman–Crippen MR) is 496 cm³/mol. The summed E-state index contributed by atoms with van der Waals surface area (Å²) < 4.78 is 34.1. The number of carboxylic acids is 1. The number of anilines is 4. The highest BCUT2D eigenvalue weighted by molar-refractivity contribution is 5.86. The van der Waals surface area contributed by atoms with Gasteiger partial charge in [0.1, 0.15) is 81.2 Å². The molecule has 674 valence electrons. The van der Waals surface area contributed by atoms with Crippen LogP contribution in [0.2, 0.25) is 0 Å². The fourth-order valence-corrected chi connectivity index (χ4v) is 19.4. The van der Waals surface area contributed by atoms with Gasteiger partial charge in [-0.05, 0) is 229 Å². The van der Waals surface area contributed by atoms with E-state index in [1.54, 1.807) is 0 Å². The molecule has 7 N–H and O–H groups in total. The van der Waals surface area contributed by atoms with Crippen molar-refractivity contribution in [1.82, 2.24) is 50.6 Å². The van der Waals surface area contributed by atoms with Crippen molar-refractivity contribution in [2.24, 2.45) is 23.7 Å². The third kappa shape index (κ3) is 21.4. The van der Waals surface area contributed by atoms with Crippen LogP contribution in [-0.2, 0) is 19.2 Å². The average Bonchev–Trinajstić information content (AvgIpc) is 1.60. The molecule has 2 unspecified atom stereocenters. The Morgan fingerprint density at radius 2 is 0.558 bits per heavy atom. The maximum atomic E-state index is 13.5. The lowest BCUT2D eigenvalue weighted by Crippen LogP contribution is -2.48. The quantitative estimate of drug-likeness (QED) is 0.0313. The van der Waals surface area contributed by atoms with E-state index in [1.165, 1.54) is 0 Å². The second-order valence-corrected chi connectivity index (χ2v) is 35.4. The van der Waals surface area contributed by atoms with Crippen molar-refractivity contribution in [3.8, 4) is 34.5 Å². The highest BCUT2D eigenvalue weighted by Gasteiger charge is 2.39. The first-order chi connectivity index (χ1) is 63.1. The lowest BCUT2D eigenvalue weighted by Gasteiger charge is -2.30. The van der Waals surface area contributed by atoms with Crippen LogP contribution in [0.15, 0.2) is 200 Å². The second-order valence-electron chi connectivity index (χ2n) is 35.4. The van der Waals surface area contributed by atoms with Crippen LogP contribution in [0.5, 0.6) is 34.5 Å². The van der Waals surface area contributed by atoms with E-state index in [9.17, 15) is 34.5 Å². The summed E-state index contributed by atoms with van der Waals surface area (Å²) in [5, 5.41) is 57.3. The van der Waals surface area contributed by atoms with Crippen molar-refractivity contribution in [3.05, 3.63) is 217 Å². The lowest BCUT2D eigenvalue weighted by atomic mass is 9.99. The smallest absolute Gasteiger partial charge is 0.308 e. The molecule has 0 bridgehead atoms. The van der Waals surface area contributed by atoms with E-state index in [0.717, 1.165) is 207 Å². The van der Waals surface area contributed by atoms with Gasteiger partial charge in [0.15, 0.2) is 34.5 Å². The fourth-order valence-electron chi connectivity index (χ4n) is 19.4. The molecule has 0 aliphatic carbocycles. The molecule has 10 aliphatic rings. The zero-order valence-corrected chi connectivity index (χ0v) is 73.0. The lowest BCUT2D eigenvalue weighted by molar-refractivity contribution is -0.141. The molecule has 0 radical (unpaired) electrons. The Labute approximate surface area is 751 Å². The molecule has 21 rings (SSSR count). The summed E-state index contributed by atoms with van der Waals surface area (Å²) in [6, 6.07) is 63.9. The molecule has 7 saturated heterocycles. The first-order valence-electron chi connectivity index (χ1n) is 46.1. The minimum atomic E-state index is -0.847. The molecule has 7 aromatic carbocycles. The van der Waals surface area contributed by atoms with Crippen LogP contribution in [0, 0.1) is 23.7 Å². The van der Waals surface area contributed by atoms with Crippen molar-refractivity contribution in [2.75, 3.05) is 171 Å². The van der Waals surface area contributed by atoms with E-state index in [-0.39, 0.29) is 41.4 Å².